The predicted octanol–water partition coefficient (Wildman–Crippen LogP) is 2.56. The van der Waals surface area contributed by atoms with E-state index in [0.717, 1.165) is 0 Å². The molecule has 0 bridgehead atoms. The van der Waals surface area contributed by atoms with Crippen LogP contribution < -0.4 is 10.6 Å². The number of rotatable bonds is 6. The van der Waals surface area contributed by atoms with E-state index in [9.17, 15) is 14.4 Å². The molecule has 1 aromatic rings. The van der Waals surface area contributed by atoms with Crippen molar-refractivity contribution in [2.75, 3.05) is 17.7 Å². The van der Waals surface area contributed by atoms with Crippen LogP contribution in [0, 0.1) is 5.41 Å². The van der Waals surface area contributed by atoms with Gasteiger partial charge in [-0.05, 0) is 32.0 Å². The van der Waals surface area contributed by atoms with Gasteiger partial charge < -0.3 is 15.4 Å². The van der Waals surface area contributed by atoms with Crippen LogP contribution >= 0.6 is 0 Å². The first-order valence-corrected chi connectivity index (χ1v) is 7.06. The number of benzene rings is 1. The Labute approximate surface area is 130 Å². The van der Waals surface area contributed by atoms with Crippen LogP contribution in [0.3, 0.4) is 0 Å². The van der Waals surface area contributed by atoms with Gasteiger partial charge >= 0.3 is 5.97 Å². The van der Waals surface area contributed by atoms with Crippen LogP contribution in [-0.4, -0.2) is 24.9 Å². The highest BCUT2D eigenvalue weighted by molar-refractivity contribution is 5.96. The highest BCUT2D eigenvalue weighted by Gasteiger charge is 2.31. The monoisotopic (exact) mass is 306 g/mol. The highest BCUT2D eigenvalue weighted by atomic mass is 16.5. The zero-order valence-corrected chi connectivity index (χ0v) is 13.4. The molecule has 0 atom stereocenters. The number of hydrogen-bond acceptors (Lipinski definition) is 4. The number of methoxy groups -OCH3 is 1. The van der Waals surface area contributed by atoms with Gasteiger partial charge in [-0.2, -0.15) is 0 Å². The van der Waals surface area contributed by atoms with Crippen LogP contribution in [-0.2, 0) is 19.1 Å². The summed E-state index contributed by atoms with van der Waals surface area (Å²) >= 11 is 0. The maximum atomic E-state index is 12.0. The van der Waals surface area contributed by atoms with Gasteiger partial charge in [-0.15, -0.1) is 0 Å². The van der Waals surface area contributed by atoms with Crippen molar-refractivity contribution in [3.8, 4) is 0 Å². The van der Waals surface area contributed by atoms with Gasteiger partial charge in [-0.1, -0.05) is 13.0 Å². The average Bonchev–Trinajstić information content (AvgIpc) is 2.45. The fourth-order valence-electron chi connectivity index (χ4n) is 1.88. The molecule has 0 aliphatic rings. The fraction of sp³-hybridized carbons (Fsp3) is 0.438. The van der Waals surface area contributed by atoms with Crippen LogP contribution in [0.25, 0.3) is 0 Å². The number of nitrogens with one attached hydrogen (secondary N) is 2. The van der Waals surface area contributed by atoms with Gasteiger partial charge in [-0.25, -0.2) is 0 Å². The molecule has 0 spiro atoms. The summed E-state index contributed by atoms with van der Waals surface area (Å²) in [5, 5.41) is 5.43. The van der Waals surface area contributed by atoms with Crippen LogP contribution in [0.5, 0.6) is 0 Å². The van der Waals surface area contributed by atoms with Crippen LogP contribution in [0.1, 0.15) is 33.6 Å². The Morgan fingerprint density at radius 2 is 1.64 bits per heavy atom. The van der Waals surface area contributed by atoms with Gasteiger partial charge in [-0.3, -0.25) is 14.4 Å². The normalized spacial score (nSPS) is 10.7. The van der Waals surface area contributed by atoms with Crippen molar-refractivity contribution in [3.05, 3.63) is 24.3 Å². The number of hydrogen-bond donors (Lipinski definition) is 2. The summed E-state index contributed by atoms with van der Waals surface area (Å²) in [7, 11) is 1.29. The minimum atomic E-state index is -0.896. The minimum absolute atomic E-state index is 0.00518. The first kappa shape index (κ1) is 17.7. The van der Waals surface area contributed by atoms with Gasteiger partial charge in [0.1, 0.15) is 0 Å². The molecule has 22 heavy (non-hydrogen) atoms. The molecule has 0 heterocycles. The molecule has 2 amide bonds. The van der Waals surface area contributed by atoms with Crippen molar-refractivity contribution in [3.63, 3.8) is 0 Å². The molecule has 1 aromatic carbocycles. The summed E-state index contributed by atoms with van der Waals surface area (Å²) in [6.45, 7) is 5.06. The molecule has 1 rings (SSSR count). The molecule has 6 nitrogen and oxygen atoms in total. The van der Waals surface area contributed by atoms with Gasteiger partial charge in [0.05, 0.1) is 12.5 Å². The van der Waals surface area contributed by atoms with Crippen molar-refractivity contribution in [1.29, 1.82) is 0 Å². The summed E-state index contributed by atoms with van der Waals surface area (Å²) in [6, 6.07) is 6.84. The second-order valence-electron chi connectivity index (χ2n) is 5.58. The number of ether oxygens (including phenoxy) is 1. The second kappa shape index (κ2) is 7.59. The third kappa shape index (κ3) is 5.20. The summed E-state index contributed by atoms with van der Waals surface area (Å²) < 4.78 is 4.67. The molecule has 2 N–H and O–H groups in total. The Kier molecular flexibility index (Phi) is 6.10. The maximum Gasteiger partial charge on any atom is 0.311 e. The largest absolute Gasteiger partial charge is 0.469 e. The third-order valence-corrected chi connectivity index (χ3v) is 3.09. The summed E-state index contributed by atoms with van der Waals surface area (Å²) in [4.78, 5) is 35.0. The topological polar surface area (TPSA) is 84.5 Å². The molecule has 6 heteroatoms. The average molecular weight is 306 g/mol. The van der Waals surface area contributed by atoms with Crippen molar-refractivity contribution in [2.45, 2.75) is 33.6 Å². The van der Waals surface area contributed by atoms with E-state index in [4.69, 9.17) is 0 Å². The van der Waals surface area contributed by atoms with Gasteiger partial charge in [0, 0.05) is 24.2 Å². The van der Waals surface area contributed by atoms with Crippen LogP contribution in [0.15, 0.2) is 24.3 Å². The molecule has 0 unspecified atom stereocenters. The van der Waals surface area contributed by atoms with Crippen LogP contribution in [0.4, 0.5) is 11.4 Å². The number of anilines is 2. The molecule has 0 fully saturated rings. The van der Waals surface area contributed by atoms with E-state index < -0.39 is 11.4 Å². The van der Waals surface area contributed by atoms with E-state index in [-0.39, 0.29) is 18.2 Å². The zero-order valence-electron chi connectivity index (χ0n) is 13.4. The SMILES string of the molecule is CCC(=O)Nc1cccc(NC(=O)CC(C)(C)C(=O)OC)c1. The molecule has 0 radical (unpaired) electrons. The summed E-state index contributed by atoms with van der Waals surface area (Å²) in [5.41, 5.74) is 0.267. The lowest BCUT2D eigenvalue weighted by molar-refractivity contribution is -0.152. The first-order chi connectivity index (χ1) is 10.3. The maximum absolute atomic E-state index is 12.0. The molecule has 0 saturated heterocycles. The highest BCUT2D eigenvalue weighted by Crippen LogP contribution is 2.23. The second-order valence-corrected chi connectivity index (χ2v) is 5.58. The number of carbonyl (C=O) groups excluding carboxylic acids is 3. The van der Waals surface area contributed by atoms with Crippen LogP contribution in [0.2, 0.25) is 0 Å². The standard InChI is InChI=1S/C16H22N2O4/c1-5-13(19)17-11-7-6-8-12(9-11)18-14(20)10-16(2,3)15(21)22-4/h6-9H,5,10H2,1-4H3,(H,17,19)(H,18,20). The summed E-state index contributed by atoms with van der Waals surface area (Å²) in [5.74, 6) is -0.837. The first-order valence-electron chi connectivity index (χ1n) is 7.06. The van der Waals surface area contributed by atoms with Crippen molar-refractivity contribution < 1.29 is 19.1 Å². The van der Waals surface area contributed by atoms with E-state index in [1.54, 1.807) is 45.0 Å². The quantitative estimate of drug-likeness (QED) is 0.791. The molecule has 0 aliphatic carbocycles. The number of amides is 2. The molecule has 120 valence electrons. The van der Waals surface area contributed by atoms with E-state index in [0.29, 0.717) is 17.8 Å². The number of esters is 1. The Morgan fingerprint density at radius 1 is 1.09 bits per heavy atom. The Hall–Kier alpha value is -2.37. The molecular weight excluding hydrogens is 284 g/mol. The van der Waals surface area contributed by atoms with Crippen molar-refractivity contribution in [1.82, 2.24) is 0 Å². The van der Waals surface area contributed by atoms with E-state index in [2.05, 4.69) is 15.4 Å². The minimum Gasteiger partial charge on any atom is -0.469 e. The van der Waals surface area contributed by atoms with Gasteiger partial charge in [0.25, 0.3) is 0 Å². The van der Waals surface area contributed by atoms with Crippen molar-refractivity contribution >= 4 is 29.2 Å². The Morgan fingerprint density at radius 3 is 2.14 bits per heavy atom. The van der Waals surface area contributed by atoms with Gasteiger partial charge in [0.15, 0.2) is 0 Å². The smallest absolute Gasteiger partial charge is 0.311 e. The number of carbonyl (C=O) groups is 3. The van der Waals surface area contributed by atoms with Gasteiger partial charge in [0.2, 0.25) is 11.8 Å². The van der Waals surface area contributed by atoms with E-state index >= 15 is 0 Å². The lowest BCUT2D eigenvalue weighted by atomic mass is 9.89. The van der Waals surface area contributed by atoms with E-state index in [1.165, 1.54) is 7.11 Å². The lowest BCUT2D eigenvalue weighted by Crippen LogP contribution is -2.30. The molecule has 0 aliphatic heterocycles. The lowest BCUT2D eigenvalue weighted by Gasteiger charge is -2.20. The molecule has 0 aromatic heterocycles. The molecular formula is C16H22N2O4. The zero-order chi connectivity index (χ0) is 16.8. The fourth-order valence-corrected chi connectivity index (χ4v) is 1.88. The molecule has 0 saturated carbocycles. The van der Waals surface area contributed by atoms with Crippen molar-refractivity contribution in [2.24, 2.45) is 5.41 Å². The van der Waals surface area contributed by atoms with E-state index in [1.807, 2.05) is 0 Å². The Balaban J connectivity index is 2.70. The predicted molar refractivity (Wildman–Crippen MR) is 84.4 cm³/mol. The Bertz CT molecular complexity index is 567. The third-order valence-electron chi connectivity index (χ3n) is 3.09. The summed E-state index contributed by atoms with van der Waals surface area (Å²) in [6.07, 6.45) is 0.384.